The molecule has 2 heteroatoms. The quantitative estimate of drug-likeness (QED) is 0.846. The first-order valence-corrected chi connectivity index (χ1v) is 6.48. The van der Waals surface area contributed by atoms with Crippen molar-refractivity contribution in [3.8, 4) is 0 Å². The second kappa shape index (κ2) is 6.77. The summed E-state index contributed by atoms with van der Waals surface area (Å²) < 4.78 is 0. The molecule has 0 aliphatic rings. The van der Waals surface area contributed by atoms with Crippen LogP contribution in [-0.4, -0.2) is 0 Å². The van der Waals surface area contributed by atoms with Crippen LogP contribution in [0.4, 0.5) is 0 Å². The first-order valence-electron chi connectivity index (χ1n) is 6.48. The molecule has 0 spiro atoms. The van der Waals surface area contributed by atoms with Crippen LogP contribution in [0.15, 0.2) is 36.4 Å². The van der Waals surface area contributed by atoms with E-state index in [1.54, 1.807) is 0 Å². The molecule has 0 radical (unpaired) electrons. The van der Waals surface area contributed by atoms with Gasteiger partial charge < -0.3 is 5.73 Å². The number of unbranched alkanes of at least 4 members (excludes halogenated alkanes) is 1. The Balaban J connectivity index is 0.00000162. The highest BCUT2D eigenvalue weighted by atomic mass is 35.5. The van der Waals surface area contributed by atoms with Gasteiger partial charge in [-0.3, -0.25) is 0 Å². The molecule has 0 saturated carbocycles. The van der Waals surface area contributed by atoms with E-state index < -0.39 is 0 Å². The van der Waals surface area contributed by atoms with Gasteiger partial charge in [-0.05, 0) is 35.2 Å². The maximum atomic E-state index is 6.30. The van der Waals surface area contributed by atoms with Crippen molar-refractivity contribution in [3.63, 3.8) is 0 Å². The van der Waals surface area contributed by atoms with Gasteiger partial charge in [0, 0.05) is 6.04 Å². The highest BCUT2D eigenvalue weighted by molar-refractivity contribution is 5.88. The van der Waals surface area contributed by atoms with Crippen LogP contribution >= 0.6 is 12.4 Å². The Hall–Kier alpha value is -1.05. The SMILES string of the molecule is CCCC[C@@H](N)c1ccc(C)c2ccccc12.Cl. The van der Waals surface area contributed by atoms with Crippen molar-refractivity contribution >= 4 is 23.2 Å². The summed E-state index contributed by atoms with van der Waals surface area (Å²) in [4.78, 5) is 0. The standard InChI is InChI=1S/C16H21N.ClH/c1-3-4-9-16(17)15-11-10-12(2)13-7-5-6-8-14(13)15;/h5-8,10-11,16H,3-4,9,17H2,1-2H3;1H/t16-;/m1./s1. The van der Waals surface area contributed by atoms with Gasteiger partial charge in [0.1, 0.15) is 0 Å². The normalized spacial score (nSPS) is 12.2. The Kier molecular flexibility index (Phi) is 5.64. The highest BCUT2D eigenvalue weighted by Gasteiger charge is 2.10. The maximum absolute atomic E-state index is 6.30. The fourth-order valence-corrected chi connectivity index (χ4v) is 2.38. The van der Waals surface area contributed by atoms with Gasteiger partial charge in [0.25, 0.3) is 0 Å². The van der Waals surface area contributed by atoms with Crippen molar-refractivity contribution in [2.45, 2.75) is 39.2 Å². The number of rotatable bonds is 4. The fraction of sp³-hybridized carbons (Fsp3) is 0.375. The van der Waals surface area contributed by atoms with Gasteiger partial charge in [-0.25, -0.2) is 0 Å². The number of fused-ring (bicyclic) bond motifs is 1. The largest absolute Gasteiger partial charge is 0.324 e. The van der Waals surface area contributed by atoms with E-state index in [2.05, 4.69) is 50.2 Å². The maximum Gasteiger partial charge on any atom is 0.0301 e. The first kappa shape index (κ1) is 15.0. The van der Waals surface area contributed by atoms with Gasteiger partial charge in [0.05, 0.1) is 0 Å². The van der Waals surface area contributed by atoms with E-state index >= 15 is 0 Å². The van der Waals surface area contributed by atoms with E-state index in [0.29, 0.717) is 0 Å². The average Bonchev–Trinajstić information content (AvgIpc) is 2.37. The molecule has 0 aromatic heterocycles. The Labute approximate surface area is 116 Å². The molecule has 0 aliphatic heterocycles. The van der Waals surface area contributed by atoms with Gasteiger partial charge in [-0.15, -0.1) is 12.4 Å². The van der Waals surface area contributed by atoms with Crippen molar-refractivity contribution < 1.29 is 0 Å². The van der Waals surface area contributed by atoms with Gasteiger partial charge >= 0.3 is 0 Å². The summed E-state index contributed by atoms with van der Waals surface area (Å²) in [5.74, 6) is 0. The molecule has 0 bridgehead atoms. The number of benzene rings is 2. The van der Waals surface area contributed by atoms with Crippen LogP contribution in [0.1, 0.15) is 43.4 Å². The molecule has 2 N–H and O–H groups in total. The lowest BCUT2D eigenvalue weighted by Crippen LogP contribution is -2.10. The predicted octanol–water partition coefficient (Wildman–Crippen LogP) is 4.76. The van der Waals surface area contributed by atoms with Crippen LogP contribution in [0, 0.1) is 6.92 Å². The van der Waals surface area contributed by atoms with Crippen LogP contribution < -0.4 is 5.73 Å². The molecule has 2 rings (SSSR count). The zero-order valence-electron chi connectivity index (χ0n) is 11.1. The predicted molar refractivity (Wildman–Crippen MR) is 82.4 cm³/mol. The second-order valence-corrected chi connectivity index (χ2v) is 4.77. The third-order valence-electron chi connectivity index (χ3n) is 3.44. The first-order chi connectivity index (χ1) is 8.24. The number of hydrogen-bond donors (Lipinski definition) is 1. The molecule has 0 amide bonds. The molecule has 98 valence electrons. The molecule has 0 aliphatic carbocycles. The monoisotopic (exact) mass is 263 g/mol. The topological polar surface area (TPSA) is 26.0 Å². The minimum atomic E-state index is 0. The summed E-state index contributed by atoms with van der Waals surface area (Å²) in [6.07, 6.45) is 3.48. The van der Waals surface area contributed by atoms with E-state index in [-0.39, 0.29) is 18.4 Å². The van der Waals surface area contributed by atoms with Gasteiger partial charge in [0.15, 0.2) is 0 Å². The number of halogens is 1. The van der Waals surface area contributed by atoms with Crippen molar-refractivity contribution in [3.05, 3.63) is 47.5 Å². The Morgan fingerprint density at radius 3 is 2.39 bits per heavy atom. The summed E-state index contributed by atoms with van der Waals surface area (Å²) in [6, 6.07) is 13.1. The molecule has 1 atom stereocenters. The van der Waals surface area contributed by atoms with E-state index in [1.165, 1.54) is 34.7 Å². The lowest BCUT2D eigenvalue weighted by molar-refractivity contribution is 0.606. The molecule has 0 fully saturated rings. The molecule has 0 unspecified atom stereocenters. The summed E-state index contributed by atoms with van der Waals surface area (Å²) in [6.45, 7) is 4.36. The third-order valence-corrected chi connectivity index (χ3v) is 3.44. The molecule has 0 saturated heterocycles. The van der Waals surface area contributed by atoms with E-state index in [0.717, 1.165) is 6.42 Å². The van der Waals surface area contributed by atoms with E-state index in [1.807, 2.05) is 0 Å². The number of hydrogen-bond acceptors (Lipinski definition) is 1. The van der Waals surface area contributed by atoms with Crippen molar-refractivity contribution in [1.82, 2.24) is 0 Å². The molecule has 0 heterocycles. The molecule has 1 nitrogen and oxygen atoms in total. The van der Waals surface area contributed by atoms with Crippen molar-refractivity contribution in [2.24, 2.45) is 5.73 Å². The molecular formula is C16H22ClN. The fourth-order valence-electron chi connectivity index (χ4n) is 2.38. The lowest BCUT2D eigenvalue weighted by atomic mass is 9.94. The smallest absolute Gasteiger partial charge is 0.0301 e. The van der Waals surface area contributed by atoms with Crippen molar-refractivity contribution in [2.75, 3.05) is 0 Å². The highest BCUT2D eigenvalue weighted by Crippen LogP contribution is 2.28. The third kappa shape index (κ3) is 3.04. The molecular weight excluding hydrogens is 242 g/mol. The van der Waals surface area contributed by atoms with Gasteiger partial charge in [-0.2, -0.15) is 0 Å². The summed E-state index contributed by atoms with van der Waals surface area (Å²) in [5.41, 5.74) is 8.91. The summed E-state index contributed by atoms with van der Waals surface area (Å²) in [7, 11) is 0. The van der Waals surface area contributed by atoms with E-state index in [4.69, 9.17) is 5.73 Å². The van der Waals surface area contributed by atoms with Gasteiger partial charge in [-0.1, -0.05) is 56.2 Å². The molecule has 2 aromatic rings. The Morgan fingerprint density at radius 1 is 1.06 bits per heavy atom. The Bertz CT molecular complexity index is 507. The zero-order valence-corrected chi connectivity index (χ0v) is 12.0. The zero-order chi connectivity index (χ0) is 12.3. The summed E-state index contributed by atoms with van der Waals surface area (Å²) >= 11 is 0. The minimum Gasteiger partial charge on any atom is -0.324 e. The second-order valence-electron chi connectivity index (χ2n) is 4.77. The van der Waals surface area contributed by atoms with Crippen LogP contribution in [0.2, 0.25) is 0 Å². The minimum absolute atomic E-state index is 0. The lowest BCUT2D eigenvalue weighted by Gasteiger charge is -2.15. The van der Waals surface area contributed by atoms with E-state index in [9.17, 15) is 0 Å². The van der Waals surface area contributed by atoms with Crippen LogP contribution in [0.25, 0.3) is 10.8 Å². The van der Waals surface area contributed by atoms with Crippen LogP contribution in [-0.2, 0) is 0 Å². The summed E-state index contributed by atoms with van der Waals surface area (Å²) in [5, 5.41) is 2.65. The van der Waals surface area contributed by atoms with Crippen LogP contribution in [0.3, 0.4) is 0 Å². The van der Waals surface area contributed by atoms with Gasteiger partial charge in [0.2, 0.25) is 0 Å². The molecule has 2 aromatic carbocycles. The molecule has 18 heavy (non-hydrogen) atoms. The Morgan fingerprint density at radius 2 is 1.72 bits per heavy atom. The van der Waals surface area contributed by atoms with Crippen LogP contribution in [0.5, 0.6) is 0 Å². The number of aryl methyl sites for hydroxylation is 1. The number of nitrogens with two attached hydrogens (primary N) is 1. The average molecular weight is 264 g/mol. The van der Waals surface area contributed by atoms with Crippen molar-refractivity contribution in [1.29, 1.82) is 0 Å².